The van der Waals surface area contributed by atoms with Crippen molar-refractivity contribution in [1.29, 1.82) is 0 Å². The SMILES string of the molecule is CC(COc1ccc(C(C)(C)c2ccc(OCC3COC(C)(C)O3)cc2)cc1)COC(c1ccccc1)(c1ccccc1)c1ccccc1. The Morgan fingerprint density at radius 1 is 0.612 bits per heavy atom. The van der Waals surface area contributed by atoms with E-state index in [2.05, 4.69) is 130 Å². The van der Waals surface area contributed by atoms with Crippen molar-refractivity contribution < 1.29 is 23.7 Å². The summed E-state index contributed by atoms with van der Waals surface area (Å²) in [7, 11) is 0. The van der Waals surface area contributed by atoms with Crippen LogP contribution in [-0.2, 0) is 25.2 Å². The van der Waals surface area contributed by atoms with E-state index < -0.39 is 11.4 Å². The van der Waals surface area contributed by atoms with E-state index in [0.29, 0.717) is 26.4 Å². The van der Waals surface area contributed by atoms with E-state index in [-0.39, 0.29) is 17.4 Å². The van der Waals surface area contributed by atoms with Crippen molar-refractivity contribution in [2.45, 2.75) is 57.5 Å². The van der Waals surface area contributed by atoms with Gasteiger partial charge >= 0.3 is 0 Å². The zero-order valence-electron chi connectivity index (χ0n) is 29.3. The maximum absolute atomic E-state index is 7.01. The van der Waals surface area contributed by atoms with E-state index in [9.17, 15) is 0 Å². The van der Waals surface area contributed by atoms with Crippen LogP contribution in [0.25, 0.3) is 0 Å². The molecule has 0 radical (unpaired) electrons. The van der Waals surface area contributed by atoms with Crippen LogP contribution < -0.4 is 9.47 Å². The summed E-state index contributed by atoms with van der Waals surface area (Å²) in [6.07, 6.45) is -0.0613. The summed E-state index contributed by atoms with van der Waals surface area (Å²) >= 11 is 0. The van der Waals surface area contributed by atoms with Crippen LogP contribution in [0.5, 0.6) is 11.5 Å². The molecule has 1 saturated heterocycles. The summed E-state index contributed by atoms with van der Waals surface area (Å²) in [5.74, 6) is 1.27. The van der Waals surface area contributed by atoms with Crippen LogP contribution in [0.1, 0.15) is 62.4 Å². The normalized spacial score (nSPS) is 16.6. The van der Waals surface area contributed by atoms with Crippen molar-refractivity contribution in [3.63, 3.8) is 0 Å². The van der Waals surface area contributed by atoms with Gasteiger partial charge in [-0.15, -0.1) is 0 Å². The molecule has 0 amide bonds. The smallest absolute Gasteiger partial charge is 0.163 e. The minimum Gasteiger partial charge on any atom is -0.493 e. The highest BCUT2D eigenvalue weighted by Gasteiger charge is 2.38. The van der Waals surface area contributed by atoms with Gasteiger partial charge in [0.15, 0.2) is 5.79 Å². The molecule has 0 aromatic heterocycles. The van der Waals surface area contributed by atoms with Crippen molar-refractivity contribution in [1.82, 2.24) is 0 Å². The second-order valence-corrected chi connectivity index (χ2v) is 13.9. The molecule has 2 atom stereocenters. The quantitative estimate of drug-likeness (QED) is 0.111. The zero-order valence-corrected chi connectivity index (χ0v) is 29.3. The van der Waals surface area contributed by atoms with E-state index in [4.69, 9.17) is 23.7 Å². The Hall–Kier alpha value is -4.42. The fourth-order valence-electron chi connectivity index (χ4n) is 6.46. The molecule has 0 saturated carbocycles. The van der Waals surface area contributed by atoms with Crippen LogP contribution in [0, 0.1) is 5.92 Å². The highest BCUT2D eigenvalue weighted by atomic mass is 16.7. The van der Waals surface area contributed by atoms with Gasteiger partial charge in [0, 0.05) is 11.3 Å². The Morgan fingerprint density at radius 3 is 1.49 bits per heavy atom. The van der Waals surface area contributed by atoms with Gasteiger partial charge in [-0.25, -0.2) is 0 Å². The molecule has 5 aromatic carbocycles. The molecule has 0 N–H and O–H groups in total. The Morgan fingerprint density at radius 2 is 1.06 bits per heavy atom. The first-order valence-corrected chi connectivity index (χ1v) is 17.2. The molecule has 6 rings (SSSR count). The Balaban J connectivity index is 1.08. The van der Waals surface area contributed by atoms with Gasteiger partial charge in [0.1, 0.15) is 29.8 Å². The van der Waals surface area contributed by atoms with E-state index in [0.717, 1.165) is 28.2 Å². The lowest BCUT2D eigenvalue weighted by atomic mass is 9.78. The molecule has 1 aliphatic heterocycles. The highest BCUT2D eigenvalue weighted by molar-refractivity contribution is 5.47. The molecule has 1 aliphatic rings. The fourth-order valence-corrected chi connectivity index (χ4v) is 6.46. The van der Waals surface area contributed by atoms with Gasteiger partial charge in [-0.1, -0.05) is 136 Å². The summed E-state index contributed by atoms with van der Waals surface area (Å²) < 4.78 is 30.8. The van der Waals surface area contributed by atoms with Crippen LogP contribution in [0.4, 0.5) is 0 Å². The van der Waals surface area contributed by atoms with Crippen molar-refractivity contribution in [3.8, 4) is 11.5 Å². The highest BCUT2D eigenvalue weighted by Crippen LogP contribution is 2.41. The molecular formula is C44H48O5. The van der Waals surface area contributed by atoms with Gasteiger partial charge in [0.05, 0.1) is 19.8 Å². The number of benzene rings is 5. The van der Waals surface area contributed by atoms with Gasteiger partial charge < -0.3 is 23.7 Å². The first-order valence-electron chi connectivity index (χ1n) is 17.2. The molecule has 2 unspecified atom stereocenters. The summed E-state index contributed by atoms with van der Waals surface area (Å²) in [5.41, 5.74) is 4.77. The zero-order chi connectivity index (χ0) is 34.3. The fraction of sp³-hybridized carbons (Fsp3) is 0.318. The minimum absolute atomic E-state index is 0.0613. The van der Waals surface area contributed by atoms with Gasteiger partial charge in [-0.3, -0.25) is 0 Å². The molecular weight excluding hydrogens is 608 g/mol. The van der Waals surface area contributed by atoms with Gasteiger partial charge in [-0.05, 0) is 65.9 Å². The molecule has 1 fully saturated rings. The standard InChI is InChI=1S/C44H48O5/c1-33(30-48-44(36-15-9-6-10-16-36,37-17-11-7-12-18-37)38-19-13-8-14-20-38)29-45-39-25-21-34(22-26-39)42(2,3)35-23-27-40(28-24-35)46-31-41-32-47-43(4,5)49-41/h6-28,33,41H,29-32H2,1-5H3. The summed E-state index contributed by atoms with van der Waals surface area (Å²) in [4.78, 5) is 0. The summed E-state index contributed by atoms with van der Waals surface area (Å²) in [6.45, 7) is 12.6. The van der Waals surface area contributed by atoms with E-state index in [1.54, 1.807) is 0 Å². The second kappa shape index (κ2) is 15.0. The van der Waals surface area contributed by atoms with Crippen molar-refractivity contribution >= 4 is 0 Å². The lowest BCUT2D eigenvalue weighted by Gasteiger charge is -2.36. The maximum Gasteiger partial charge on any atom is 0.163 e. The topological polar surface area (TPSA) is 46.2 Å². The first-order chi connectivity index (χ1) is 23.7. The average molecular weight is 657 g/mol. The van der Waals surface area contributed by atoms with Crippen LogP contribution in [-0.4, -0.2) is 38.3 Å². The maximum atomic E-state index is 7.01. The Labute approximate surface area is 291 Å². The predicted octanol–water partition coefficient (Wildman–Crippen LogP) is 9.57. The van der Waals surface area contributed by atoms with Crippen LogP contribution >= 0.6 is 0 Å². The predicted molar refractivity (Wildman–Crippen MR) is 195 cm³/mol. The number of rotatable bonds is 14. The monoisotopic (exact) mass is 656 g/mol. The van der Waals surface area contributed by atoms with Crippen molar-refractivity contribution in [3.05, 3.63) is 167 Å². The van der Waals surface area contributed by atoms with Crippen LogP contribution in [0.2, 0.25) is 0 Å². The van der Waals surface area contributed by atoms with E-state index in [1.165, 1.54) is 11.1 Å². The Kier molecular flexibility index (Phi) is 10.5. The van der Waals surface area contributed by atoms with Crippen molar-refractivity contribution in [2.24, 2.45) is 5.92 Å². The van der Waals surface area contributed by atoms with Gasteiger partial charge in [0.25, 0.3) is 0 Å². The molecule has 254 valence electrons. The molecule has 5 aromatic rings. The Bertz CT molecular complexity index is 1640. The molecule has 5 nitrogen and oxygen atoms in total. The van der Waals surface area contributed by atoms with E-state index >= 15 is 0 Å². The third-order valence-corrected chi connectivity index (χ3v) is 9.32. The lowest BCUT2D eigenvalue weighted by Crippen LogP contribution is -2.35. The summed E-state index contributed by atoms with van der Waals surface area (Å²) in [5, 5.41) is 0. The largest absolute Gasteiger partial charge is 0.493 e. The second-order valence-electron chi connectivity index (χ2n) is 13.9. The number of ether oxygens (including phenoxy) is 5. The molecule has 49 heavy (non-hydrogen) atoms. The molecule has 0 spiro atoms. The molecule has 5 heteroatoms. The first kappa shape index (κ1) is 34.4. The average Bonchev–Trinajstić information content (AvgIpc) is 3.50. The number of hydrogen-bond acceptors (Lipinski definition) is 5. The summed E-state index contributed by atoms with van der Waals surface area (Å²) in [6, 6.07) is 48.2. The van der Waals surface area contributed by atoms with Crippen LogP contribution in [0.3, 0.4) is 0 Å². The minimum atomic E-state index is -0.744. The van der Waals surface area contributed by atoms with E-state index in [1.807, 2.05) is 44.2 Å². The number of hydrogen-bond donors (Lipinski definition) is 0. The third-order valence-electron chi connectivity index (χ3n) is 9.32. The van der Waals surface area contributed by atoms with Crippen molar-refractivity contribution in [2.75, 3.05) is 26.4 Å². The molecule has 0 bridgehead atoms. The van der Waals surface area contributed by atoms with Crippen LogP contribution in [0.15, 0.2) is 140 Å². The van der Waals surface area contributed by atoms with Gasteiger partial charge in [0.2, 0.25) is 0 Å². The van der Waals surface area contributed by atoms with Gasteiger partial charge in [-0.2, -0.15) is 0 Å². The third kappa shape index (κ3) is 8.08. The molecule has 1 heterocycles. The lowest BCUT2D eigenvalue weighted by molar-refractivity contribution is -0.141. The molecule has 0 aliphatic carbocycles.